The van der Waals surface area contributed by atoms with E-state index in [1.165, 1.54) is 22.3 Å². The highest BCUT2D eigenvalue weighted by atomic mass is 14.7. The van der Waals surface area contributed by atoms with Crippen LogP contribution in [0.25, 0.3) is 5.57 Å². The van der Waals surface area contributed by atoms with Crippen LogP contribution in [0, 0.1) is 0 Å². The highest BCUT2D eigenvalue weighted by Crippen LogP contribution is 2.16. The molecular formula is C19H26N2. The first-order valence-corrected chi connectivity index (χ1v) is 7.36. The van der Waals surface area contributed by atoms with E-state index in [4.69, 9.17) is 0 Å². The lowest BCUT2D eigenvalue weighted by Gasteiger charge is -2.05. The van der Waals surface area contributed by atoms with Gasteiger partial charge in [-0.3, -0.25) is 9.98 Å². The zero-order chi connectivity index (χ0) is 15.8. The van der Waals surface area contributed by atoms with Crippen LogP contribution in [-0.2, 0) is 6.42 Å². The van der Waals surface area contributed by atoms with Crippen LogP contribution in [-0.4, -0.2) is 10.7 Å². The van der Waals surface area contributed by atoms with Crippen LogP contribution in [0.2, 0.25) is 0 Å². The van der Waals surface area contributed by atoms with Crippen LogP contribution in [0.1, 0.15) is 52.3 Å². The molecule has 1 rings (SSSR count). The zero-order valence-electron chi connectivity index (χ0n) is 13.9. The van der Waals surface area contributed by atoms with Gasteiger partial charge in [0.05, 0.1) is 5.69 Å². The molecule has 0 aliphatic heterocycles. The topological polar surface area (TPSA) is 25.2 Å². The molecule has 0 radical (unpaired) electrons. The predicted octanol–water partition coefficient (Wildman–Crippen LogP) is 5.38. The minimum Gasteiger partial charge on any atom is -0.262 e. The zero-order valence-corrected chi connectivity index (χ0v) is 13.9. The van der Waals surface area contributed by atoms with Crippen molar-refractivity contribution in [3.05, 3.63) is 59.6 Å². The summed E-state index contributed by atoms with van der Waals surface area (Å²) in [6, 6.07) is 4.27. The summed E-state index contributed by atoms with van der Waals surface area (Å²) < 4.78 is 0. The largest absolute Gasteiger partial charge is 0.262 e. The molecule has 2 heteroatoms. The summed E-state index contributed by atoms with van der Waals surface area (Å²) in [7, 11) is 0. The highest BCUT2D eigenvalue weighted by molar-refractivity contribution is 5.92. The van der Waals surface area contributed by atoms with Crippen LogP contribution >= 0.6 is 0 Å². The Morgan fingerprint density at radius 3 is 2.43 bits per heavy atom. The number of aliphatic imine (C=N–C) groups is 1. The maximum absolute atomic E-state index is 4.55. The summed E-state index contributed by atoms with van der Waals surface area (Å²) in [4.78, 5) is 8.87. The monoisotopic (exact) mass is 282 g/mol. The smallest absolute Gasteiger partial charge is 0.0658 e. The van der Waals surface area contributed by atoms with Crippen molar-refractivity contribution in [2.24, 2.45) is 4.99 Å². The van der Waals surface area contributed by atoms with Crippen LogP contribution < -0.4 is 0 Å². The second kappa shape index (κ2) is 8.35. The maximum atomic E-state index is 4.55. The number of aryl methyl sites for hydroxylation is 1. The van der Waals surface area contributed by atoms with Gasteiger partial charge in [-0.05, 0) is 70.7 Å². The fourth-order valence-corrected chi connectivity index (χ4v) is 1.72. The first kappa shape index (κ1) is 17.1. The van der Waals surface area contributed by atoms with Crippen molar-refractivity contribution in [3.8, 4) is 0 Å². The number of hydrogen-bond acceptors (Lipinski definition) is 2. The molecule has 0 bridgehead atoms. The Balaban J connectivity index is 2.65. The van der Waals surface area contributed by atoms with E-state index in [-0.39, 0.29) is 0 Å². The summed E-state index contributed by atoms with van der Waals surface area (Å²) in [5, 5.41) is 0. The summed E-state index contributed by atoms with van der Waals surface area (Å²) in [5.41, 5.74) is 7.10. The third kappa shape index (κ3) is 5.90. The van der Waals surface area contributed by atoms with E-state index in [2.05, 4.69) is 56.4 Å². The van der Waals surface area contributed by atoms with Gasteiger partial charge in [-0.1, -0.05) is 23.8 Å². The van der Waals surface area contributed by atoms with Gasteiger partial charge in [0, 0.05) is 18.1 Å². The van der Waals surface area contributed by atoms with E-state index < -0.39 is 0 Å². The van der Waals surface area contributed by atoms with Gasteiger partial charge in [0.15, 0.2) is 0 Å². The van der Waals surface area contributed by atoms with E-state index in [9.17, 15) is 0 Å². The average molecular weight is 282 g/mol. The van der Waals surface area contributed by atoms with Crippen LogP contribution in [0.3, 0.4) is 0 Å². The van der Waals surface area contributed by atoms with Crippen LogP contribution in [0.15, 0.2) is 53.3 Å². The molecule has 0 aliphatic carbocycles. The van der Waals surface area contributed by atoms with Crippen molar-refractivity contribution in [1.82, 2.24) is 4.98 Å². The molecule has 0 aromatic carbocycles. The Morgan fingerprint density at radius 2 is 1.90 bits per heavy atom. The third-order valence-electron chi connectivity index (χ3n) is 3.55. The Bertz CT molecular complexity index is 568. The number of nitrogens with zero attached hydrogens (tertiary/aromatic N) is 2. The molecule has 0 unspecified atom stereocenters. The molecule has 21 heavy (non-hydrogen) atoms. The van der Waals surface area contributed by atoms with E-state index >= 15 is 0 Å². The standard InChI is InChI=1S/C19H26N2/c1-7-16(5)20-12-15(4)8-9-18-10-11-19(21-13-18)17(6)14(2)3/h7,10-13H,1,8-9H2,2-6H3/b15-12+,20-16-. The predicted molar refractivity (Wildman–Crippen MR) is 93.6 cm³/mol. The van der Waals surface area contributed by atoms with Gasteiger partial charge in [0.2, 0.25) is 0 Å². The van der Waals surface area contributed by atoms with Crippen molar-refractivity contribution in [2.45, 2.75) is 47.5 Å². The van der Waals surface area contributed by atoms with E-state index in [0.29, 0.717) is 0 Å². The Labute approximate surface area is 129 Å². The van der Waals surface area contributed by atoms with Crippen LogP contribution in [0.4, 0.5) is 0 Å². The Hall–Kier alpha value is -1.96. The van der Waals surface area contributed by atoms with E-state index in [0.717, 1.165) is 24.2 Å². The normalized spacial score (nSPS) is 12.2. The maximum Gasteiger partial charge on any atom is 0.0658 e. The van der Waals surface area contributed by atoms with Gasteiger partial charge in [-0.2, -0.15) is 0 Å². The third-order valence-corrected chi connectivity index (χ3v) is 3.55. The minimum absolute atomic E-state index is 0.942. The van der Waals surface area contributed by atoms with Gasteiger partial charge in [0.25, 0.3) is 0 Å². The van der Waals surface area contributed by atoms with Crippen LogP contribution in [0.5, 0.6) is 0 Å². The quantitative estimate of drug-likeness (QED) is 0.643. The number of allylic oxidation sites excluding steroid dienone is 4. The van der Waals surface area contributed by atoms with E-state index in [1.807, 2.05) is 19.3 Å². The summed E-state index contributed by atoms with van der Waals surface area (Å²) >= 11 is 0. The van der Waals surface area contributed by atoms with E-state index in [1.54, 1.807) is 6.08 Å². The van der Waals surface area contributed by atoms with Crippen molar-refractivity contribution < 1.29 is 0 Å². The molecule has 1 aromatic rings. The van der Waals surface area contributed by atoms with Gasteiger partial charge >= 0.3 is 0 Å². The van der Waals surface area contributed by atoms with Gasteiger partial charge in [-0.25, -0.2) is 0 Å². The summed E-state index contributed by atoms with van der Waals surface area (Å²) in [5.74, 6) is 0. The fraction of sp³-hybridized carbons (Fsp3) is 0.368. The van der Waals surface area contributed by atoms with Gasteiger partial charge in [0.1, 0.15) is 0 Å². The molecule has 2 nitrogen and oxygen atoms in total. The van der Waals surface area contributed by atoms with Crippen molar-refractivity contribution in [2.75, 3.05) is 0 Å². The van der Waals surface area contributed by atoms with Crippen molar-refractivity contribution in [3.63, 3.8) is 0 Å². The molecule has 1 aromatic heterocycles. The molecule has 0 atom stereocenters. The number of hydrogen-bond donors (Lipinski definition) is 0. The molecule has 1 heterocycles. The van der Waals surface area contributed by atoms with Crippen molar-refractivity contribution in [1.29, 1.82) is 0 Å². The molecule has 0 amide bonds. The molecule has 0 saturated carbocycles. The van der Waals surface area contributed by atoms with Crippen molar-refractivity contribution >= 4 is 11.3 Å². The molecule has 0 spiro atoms. The Kier molecular flexibility index (Phi) is 6.80. The molecule has 0 saturated heterocycles. The summed E-state index contributed by atoms with van der Waals surface area (Å²) in [6.45, 7) is 14.1. The van der Waals surface area contributed by atoms with Gasteiger partial charge < -0.3 is 0 Å². The average Bonchev–Trinajstić information content (AvgIpc) is 2.50. The Morgan fingerprint density at radius 1 is 1.19 bits per heavy atom. The lowest BCUT2D eigenvalue weighted by Crippen LogP contribution is -1.92. The van der Waals surface area contributed by atoms with Gasteiger partial charge in [-0.15, -0.1) is 0 Å². The fourth-order valence-electron chi connectivity index (χ4n) is 1.72. The lowest BCUT2D eigenvalue weighted by molar-refractivity contribution is 0.926. The molecule has 0 N–H and O–H groups in total. The molecule has 112 valence electrons. The minimum atomic E-state index is 0.942. The lowest BCUT2D eigenvalue weighted by atomic mass is 10.1. The highest BCUT2D eigenvalue weighted by Gasteiger charge is 2.00. The second-order valence-electron chi connectivity index (χ2n) is 5.63. The molecule has 0 fully saturated rings. The SMILES string of the molecule is C=C/C(C)=N\C=C(/C)CCc1ccc(C(C)=C(C)C)nc1. The summed E-state index contributed by atoms with van der Waals surface area (Å²) in [6.07, 6.45) is 7.65. The number of rotatable bonds is 6. The number of aromatic nitrogens is 1. The first-order valence-electron chi connectivity index (χ1n) is 7.36. The molecular weight excluding hydrogens is 256 g/mol. The molecule has 0 aliphatic rings. The first-order chi connectivity index (χ1) is 9.93. The second-order valence-corrected chi connectivity index (χ2v) is 5.63. The number of pyridine rings is 1.